The minimum Gasteiger partial charge on any atom is -0.135 e. The van der Waals surface area contributed by atoms with E-state index in [0.717, 1.165) is 0 Å². The predicted molar refractivity (Wildman–Crippen MR) is 651 cm³/mol. The molecule has 28 aromatic carbocycles. The number of benzene rings is 28. The van der Waals surface area contributed by atoms with E-state index in [2.05, 4.69) is 534 Å². The number of thiophene rings is 4. The Hall–Kier alpha value is -17.8. The normalized spacial score (nSPS) is 11.8. The lowest BCUT2D eigenvalue weighted by Crippen LogP contribution is -1.90. The highest BCUT2D eigenvalue weighted by Crippen LogP contribution is 2.52. The van der Waals surface area contributed by atoms with Crippen molar-refractivity contribution in [3.8, 4) is 89.0 Å². The molecule has 32 aromatic rings. The van der Waals surface area contributed by atoms with Gasteiger partial charge in [-0.2, -0.15) is 0 Å². The van der Waals surface area contributed by atoms with Crippen molar-refractivity contribution in [1.29, 1.82) is 0 Å². The highest BCUT2D eigenvalue weighted by Gasteiger charge is 2.24. The van der Waals surface area contributed by atoms with E-state index in [1.54, 1.807) is 0 Å². The first-order valence-corrected chi connectivity index (χ1v) is 54.1. The fraction of sp³-hybridized carbons (Fsp3) is 0. The fourth-order valence-corrected chi connectivity index (χ4v) is 28.7. The van der Waals surface area contributed by atoms with Crippen LogP contribution in [0.3, 0.4) is 0 Å². The monoisotopic (exact) mass is 1940 g/mol. The van der Waals surface area contributed by atoms with Gasteiger partial charge in [-0.15, -0.1) is 45.3 Å². The molecule has 0 saturated carbocycles. The standard InChI is InChI=1S/4C36H22S/c1-2-12-25-23(11-1)24-13-5-6-16-28(24)35-29(25)18-9-19-30(35)26-14-3-4-15-27(26)31-20-10-22-34-36(31)32-17-7-8-21-33(32)37-34;1-2-11-25(32-17-9-18-33-31-16-7-8-19-35(31)37-36(32)33)24(10-1)23-20-21-30-28-14-4-3-12-26(28)27-13-5-6-15-29(27)34(30)22-23;1-2-11-25(31-17-9-19-35-36(31)32-16-7-8-18-34(32)37-35)24(10-1)23-20-21-30-28-14-4-3-12-26(28)27-13-5-6-15-29(27)33(30)22-23;1-2-10-26(24-18-20-36-34(22-24)32-15-7-8-16-35(32)37-36)25(9-1)23-17-19-31-29-13-4-3-11-27(29)28-12-5-6-14-30(28)33(31)21-23/h4*1-22H. The third-order valence-corrected chi connectivity index (χ3v) is 35.3. The van der Waals surface area contributed by atoms with Crippen molar-refractivity contribution in [3.63, 3.8) is 0 Å². The Kier molecular flexibility index (Phi) is 21.2. The first kappa shape index (κ1) is 86.8. The van der Waals surface area contributed by atoms with Crippen molar-refractivity contribution < 1.29 is 0 Å². The molecule has 0 radical (unpaired) electrons. The van der Waals surface area contributed by atoms with Gasteiger partial charge in [0.2, 0.25) is 0 Å². The summed E-state index contributed by atoms with van der Waals surface area (Å²) < 4.78 is 10.7. The van der Waals surface area contributed by atoms with Crippen molar-refractivity contribution in [2.45, 2.75) is 0 Å². The van der Waals surface area contributed by atoms with E-state index in [1.165, 1.54) is 299 Å². The molecule has 32 rings (SSSR count). The van der Waals surface area contributed by atoms with Crippen molar-refractivity contribution in [3.05, 3.63) is 534 Å². The molecular weight excluding hydrogens is 1860 g/mol. The zero-order chi connectivity index (χ0) is 97.4. The molecule has 0 N–H and O–H groups in total. The molecule has 0 unspecified atom stereocenters. The largest absolute Gasteiger partial charge is 0.135 e. The van der Waals surface area contributed by atoms with Crippen LogP contribution in [0.5, 0.6) is 0 Å². The Labute approximate surface area is 870 Å². The third kappa shape index (κ3) is 14.5. The molecule has 688 valence electrons. The van der Waals surface area contributed by atoms with Crippen LogP contribution in [0.1, 0.15) is 0 Å². The molecule has 4 heterocycles. The summed E-state index contributed by atoms with van der Waals surface area (Å²) in [6.45, 7) is 0. The fourth-order valence-electron chi connectivity index (χ4n) is 24.1. The van der Waals surface area contributed by atoms with E-state index in [-0.39, 0.29) is 0 Å². The van der Waals surface area contributed by atoms with Gasteiger partial charge >= 0.3 is 0 Å². The second-order valence-corrected chi connectivity index (χ2v) is 43.0. The van der Waals surface area contributed by atoms with Crippen molar-refractivity contribution in [2.24, 2.45) is 0 Å². The molecule has 0 saturated heterocycles. The van der Waals surface area contributed by atoms with Crippen LogP contribution < -0.4 is 0 Å². The third-order valence-electron chi connectivity index (χ3n) is 30.7. The summed E-state index contributed by atoms with van der Waals surface area (Å²) in [5.41, 5.74) is 20.4. The van der Waals surface area contributed by atoms with Crippen molar-refractivity contribution in [2.75, 3.05) is 0 Å². The topological polar surface area (TPSA) is 0 Å². The predicted octanol–water partition coefficient (Wildman–Crippen LogP) is 43.4. The van der Waals surface area contributed by atoms with Gasteiger partial charge in [-0.1, -0.05) is 467 Å². The van der Waals surface area contributed by atoms with Crippen molar-refractivity contribution in [1.82, 2.24) is 0 Å². The van der Waals surface area contributed by atoms with Crippen LogP contribution in [0.4, 0.5) is 0 Å². The Morgan fingerprint density at radius 1 is 0.0878 bits per heavy atom. The summed E-state index contributed by atoms with van der Waals surface area (Å²) in [6, 6.07) is 196. The Morgan fingerprint density at radius 2 is 0.277 bits per heavy atom. The van der Waals surface area contributed by atoms with Crippen molar-refractivity contribution >= 4 is 255 Å². The molecule has 0 spiro atoms. The van der Waals surface area contributed by atoms with Gasteiger partial charge in [-0.25, -0.2) is 0 Å². The molecule has 0 aliphatic heterocycles. The second-order valence-electron chi connectivity index (χ2n) is 38.7. The van der Waals surface area contributed by atoms with Gasteiger partial charge < -0.3 is 0 Å². The molecule has 0 aliphatic carbocycles. The summed E-state index contributed by atoms with van der Waals surface area (Å²) >= 11 is 7.52. The Bertz CT molecular complexity index is 10800. The molecular formula is C144H88S4. The first-order valence-electron chi connectivity index (χ1n) is 50.8. The summed E-state index contributed by atoms with van der Waals surface area (Å²) in [7, 11) is 0. The average Bonchev–Trinajstić information content (AvgIpc) is 1.12. The molecule has 4 aromatic heterocycles. The molecule has 0 aliphatic rings. The van der Waals surface area contributed by atoms with E-state index >= 15 is 0 Å². The van der Waals surface area contributed by atoms with E-state index in [9.17, 15) is 0 Å². The highest BCUT2D eigenvalue weighted by atomic mass is 32.1. The first-order chi connectivity index (χ1) is 73.5. The molecule has 0 bridgehead atoms. The highest BCUT2D eigenvalue weighted by molar-refractivity contribution is 7.27. The van der Waals surface area contributed by atoms with E-state index in [0.29, 0.717) is 0 Å². The summed E-state index contributed by atoms with van der Waals surface area (Å²) in [4.78, 5) is 0. The Morgan fingerprint density at radius 3 is 0.642 bits per heavy atom. The second kappa shape index (κ2) is 36.2. The van der Waals surface area contributed by atoms with Crippen LogP contribution >= 0.6 is 45.3 Å². The summed E-state index contributed by atoms with van der Waals surface area (Å²) in [5.74, 6) is 0. The summed E-state index contributed by atoms with van der Waals surface area (Å²) in [5, 5.41) is 42.2. The van der Waals surface area contributed by atoms with E-state index in [4.69, 9.17) is 0 Å². The summed E-state index contributed by atoms with van der Waals surface area (Å²) in [6.07, 6.45) is 0. The number of hydrogen-bond acceptors (Lipinski definition) is 4. The van der Waals surface area contributed by atoms with Crippen LogP contribution in [0.15, 0.2) is 534 Å². The lowest BCUT2D eigenvalue weighted by atomic mass is 9.86. The van der Waals surface area contributed by atoms with Gasteiger partial charge in [0.15, 0.2) is 0 Å². The van der Waals surface area contributed by atoms with E-state index < -0.39 is 0 Å². The molecule has 0 atom stereocenters. The van der Waals surface area contributed by atoms with Crippen LogP contribution in [-0.4, -0.2) is 0 Å². The maximum atomic E-state index is 2.40. The maximum Gasteiger partial charge on any atom is 0.0434 e. The van der Waals surface area contributed by atoms with Crippen LogP contribution in [0.2, 0.25) is 0 Å². The van der Waals surface area contributed by atoms with Gasteiger partial charge in [0.1, 0.15) is 0 Å². The van der Waals surface area contributed by atoms with Gasteiger partial charge in [-0.05, 0) is 279 Å². The molecule has 4 heteroatoms. The van der Waals surface area contributed by atoms with Crippen LogP contribution in [0, 0.1) is 0 Å². The molecule has 0 fully saturated rings. The molecule has 0 nitrogen and oxygen atoms in total. The number of hydrogen-bond donors (Lipinski definition) is 0. The van der Waals surface area contributed by atoms with Gasteiger partial charge in [0.05, 0.1) is 0 Å². The van der Waals surface area contributed by atoms with Gasteiger partial charge in [0, 0.05) is 86.3 Å². The smallest absolute Gasteiger partial charge is 0.0434 e. The van der Waals surface area contributed by atoms with E-state index in [1.807, 2.05) is 45.3 Å². The maximum absolute atomic E-state index is 2.40. The number of fused-ring (bicyclic) bond motifs is 36. The van der Waals surface area contributed by atoms with Crippen LogP contribution in [-0.2, 0) is 0 Å². The molecule has 0 amide bonds. The number of rotatable bonds is 8. The lowest BCUT2D eigenvalue weighted by Gasteiger charge is -2.17. The molecule has 148 heavy (non-hydrogen) atoms. The SMILES string of the molecule is c1ccc(-c2ccc3c4ccccc4c4ccccc4c3c2)c(-c2ccc3sc4ccccc4c3c2)c1.c1ccc(-c2cccc3c2sc2ccccc23)c(-c2ccc3c4ccccc4c4ccccc4c3c2)c1.c1ccc(-c2cccc3c4ccccc4c4ccccc4c23)c(-c2cccc3sc4ccccc4c23)c1.c1ccc(-c2cccc3sc4ccccc4c23)c(-c2ccc3c4ccccc4c4ccccc4c3c2)c1. The minimum absolute atomic E-state index is 1.25. The van der Waals surface area contributed by atoms with Gasteiger partial charge in [0.25, 0.3) is 0 Å². The lowest BCUT2D eigenvalue weighted by molar-refractivity contribution is 1.62. The minimum atomic E-state index is 1.25. The zero-order valence-corrected chi connectivity index (χ0v) is 83.7. The van der Waals surface area contributed by atoms with Crippen LogP contribution in [0.25, 0.3) is 299 Å². The van der Waals surface area contributed by atoms with Gasteiger partial charge in [-0.3, -0.25) is 0 Å². The Balaban J connectivity index is 0.0000000930. The quantitative estimate of drug-likeness (QED) is 0.133. The zero-order valence-electron chi connectivity index (χ0n) is 80.4. The average molecular weight is 1950 g/mol.